The zero-order valence-corrected chi connectivity index (χ0v) is 14.8. The van der Waals surface area contributed by atoms with E-state index >= 15 is 0 Å². The fraction of sp³-hybridized carbons (Fsp3) is 0.412. The van der Waals surface area contributed by atoms with E-state index < -0.39 is 18.0 Å². The SMILES string of the molecule is CCCOc1c(Cl)cc(/C=C/C(=O)O[C@@H](C)C(N)=O)cc1OCC. The Kier molecular flexibility index (Phi) is 8.12. The highest BCUT2D eigenvalue weighted by Crippen LogP contribution is 2.37. The maximum Gasteiger partial charge on any atom is 0.331 e. The van der Waals surface area contributed by atoms with Gasteiger partial charge in [-0.1, -0.05) is 18.5 Å². The van der Waals surface area contributed by atoms with Crippen molar-refractivity contribution in [1.82, 2.24) is 0 Å². The smallest absolute Gasteiger partial charge is 0.331 e. The van der Waals surface area contributed by atoms with Crippen LogP contribution in [0.2, 0.25) is 5.02 Å². The van der Waals surface area contributed by atoms with Crippen molar-refractivity contribution in [2.24, 2.45) is 5.73 Å². The Balaban J connectivity index is 2.93. The average molecular weight is 356 g/mol. The molecule has 0 saturated heterocycles. The Hall–Kier alpha value is -2.21. The molecule has 24 heavy (non-hydrogen) atoms. The van der Waals surface area contributed by atoms with Crippen LogP contribution < -0.4 is 15.2 Å². The molecule has 132 valence electrons. The number of hydrogen-bond donors (Lipinski definition) is 1. The van der Waals surface area contributed by atoms with Crippen LogP contribution in [-0.4, -0.2) is 31.2 Å². The number of carbonyl (C=O) groups excluding carboxylic acids is 2. The lowest BCUT2D eigenvalue weighted by atomic mass is 10.2. The van der Waals surface area contributed by atoms with Crippen molar-refractivity contribution in [1.29, 1.82) is 0 Å². The second kappa shape index (κ2) is 9.82. The predicted octanol–water partition coefficient (Wildman–Crippen LogP) is 2.96. The molecule has 0 spiro atoms. The summed E-state index contributed by atoms with van der Waals surface area (Å²) in [5, 5.41) is 0.382. The molecule has 7 heteroatoms. The van der Waals surface area contributed by atoms with Crippen LogP contribution in [0.1, 0.15) is 32.8 Å². The number of hydrogen-bond acceptors (Lipinski definition) is 5. The summed E-state index contributed by atoms with van der Waals surface area (Å²) in [4.78, 5) is 22.5. The first-order valence-electron chi connectivity index (χ1n) is 7.66. The Morgan fingerprint density at radius 2 is 2.00 bits per heavy atom. The number of ether oxygens (including phenoxy) is 3. The van der Waals surface area contributed by atoms with Gasteiger partial charge in [-0.3, -0.25) is 4.79 Å². The van der Waals surface area contributed by atoms with Crippen LogP contribution >= 0.6 is 11.6 Å². The number of nitrogens with two attached hydrogens (primary N) is 1. The molecule has 0 aliphatic carbocycles. The highest BCUT2D eigenvalue weighted by Gasteiger charge is 2.14. The Bertz CT molecular complexity index is 615. The maximum atomic E-state index is 11.6. The molecule has 1 amide bonds. The summed E-state index contributed by atoms with van der Waals surface area (Å²) in [6.07, 6.45) is 2.55. The summed E-state index contributed by atoms with van der Waals surface area (Å²) < 4.78 is 16.0. The third kappa shape index (κ3) is 6.12. The monoisotopic (exact) mass is 355 g/mol. The normalized spacial score (nSPS) is 12.0. The van der Waals surface area contributed by atoms with E-state index in [0.29, 0.717) is 35.3 Å². The second-order valence-corrected chi connectivity index (χ2v) is 5.33. The van der Waals surface area contributed by atoms with Gasteiger partial charge in [0.05, 0.1) is 18.2 Å². The molecular weight excluding hydrogens is 334 g/mol. The quantitative estimate of drug-likeness (QED) is 0.543. The summed E-state index contributed by atoms with van der Waals surface area (Å²) in [6, 6.07) is 3.36. The van der Waals surface area contributed by atoms with Crippen LogP contribution in [0.5, 0.6) is 11.5 Å². The van der Waals surface area contributed by atoms with Crippen molar-refractivity contribution in [2.45, 2.75) is 33.3 Å². The lowest BCUT2D eigenvalue weighted by Crippen LogP contribution is -2.29. The van der Waals surface area contributed by atoms with Gasteiger partial charge in [0.15, 0.2) is 17.6 Å². The van der Waals surface area contributed by atoms with Crippen LogP contribution in [0.3, 0.4) is 0 Å². The van der Waals surface area contributed by atoms with Crippen molar-refractivity contribution in [2.75, 3.05) is 13.2 Å². The van der Waals surface area contributed by atoms with E-state index in [-0.39, 0.29) is 0 Å². The summed E-state index contributed by atoms with van der Waals surface area (Å²) in [5.74, 6) is -0.419. The first kappa shape index (κ1) is 19.8. The van der Waals surface area contributed by atoms with E-state index in [2.05, 4.69) is 0 Å². The van der Waals surface area contributed by atoms with Gasteiger partial charge in [-0.15, -0.1) is 0 Å². The van der Waals surface area contributed by atoms with Crippen LogP contribution in [0.4, 0.5) is 0 Å². The minimum Gasteiger partial charge on any atom is -0.490 e. The lowest BCUT2D eigenvalue weighted by Gasteiger charge is -2.14. The van der Waals surface area contributed by atoms with Crippen molar-refractivity contribution >= 4 is 29.6 Å². The van der Waals surface area contributed by atoms with Crippen molar-refractivity contribution in [3.05, 3.63) is 28.8 Å². The third-order valence-electron chi connectivity index (χ3n) is 2.89. The van der Waals surface area contributed by atoms with Crippen LogP contribution in [0.15, 0.2) is 18.2 Å². The lowest BCUT2D eigenvalue weighted by molar-refractivity contribution is -0.148. The summed E-state index contributed by atoms with van der Waals surface area (Å²) in [6.45, 7) is 6.21. The van der Waals surface area contributed by atoms with E-state index in [0.717, 1.165) is 6.42 Å². The second-order valence-electron chi connectivity index (χ2n) is 4.93. The molecule has 0 unspecified atom stereocenters. The van der Waals surface area contributed by atoms with E-state index in [1.165, 1.54) is 19.1 Å². The molecule has 0 aliphatic rings. The van der Waals surface area contributed by atoms with E-state index in [4.69, 9.17) is 31.5 Å². The molecular formula is C17H22ClNO5. The number of benzene rings is 1. The standard InChI is InChI=1S/C17H22ClNO5/c1-4-8-23-16-13(18)9-12(10-14(16)22-5-2)6-7-15(20)24-11(3)17(19)21/h6-7,9-11H,4-5,8H2,1-3H3,(H2,19,21)/b7-6+/t11-/m0/s1. The molecule has 6 nitrogen and oxygen atoms in total. The number of halogens is 1. The molecule has 0 heterocycles. The molecule has 1 atom stereocenters. The molecule has 0 radical (unpaired) electrons. The Labute approximate surface area is 146 Å². The third-order valence-corrected chi connectivity index (χ3v) is 3.17. The fourth-order valence-corrected chi connectivity index (χ4v) is 2.00. The van der Waals surface area contributed by atoms with Gasteiger partial charge in [0.1, 0.15) is 0 Å². The molecule has 0 aliphatic heterocycles. The van der Waals surface area contributed by atoms with Gasteiger partial charge in [0.25, 0.3) is 5.91 Å². The Morgan fingerprint density at radius 1 is 1.29 bits per heavy atom. The molecule has 0 saturated carbocycles. The van der Waals surface area contributed by atoms with Gasteiger partial charge in [-0.25, -0.2) is 4.79 Å². The zero-order chi connectivity index (χ0) is 18.1. The van der Waals surface area contributed by atoms with Crippen LogP contribution in [0, 0.1) is 0 Å². The van der Waals surface area contributed by atoms with E-state index in [1.807, 2.05) is 13.8 Å². The number of rotatable bonds is 9. The van der Waals surface area contributed by atoms with E-state index in [9.17, 15) is 9.59 Å². The average Bonchev–Trinajstić information content (AvgIpc) is 2.52. The first-order valence-corrected chi connectivity index (χ1v) is 8.03. The number of primary amides is 1. The molecule has 0 bridgehead atoms. The molecule has 2 N–H and O–H groups in total. The minimum atomic E-state index is -0.991. The fourth-order valence-electron chi connectivity index (χ4n) is 1.73. The zero-order valence-electron chi connectivity index (χ0n) is 14.0. The van der Waals surface area contributed by atoms with Gasteiger partial charge >= 0.3 is 5.97 Å². The molecule has 0 fully saturated rings. The highest BCUT2D eigenvalue weighted by molar-refractivity contribution is 6.32. The number of amides is 1. The summed E-state index contributed by atoms with van der Waals surface area (Å²) >= 11 is 6.23. The predicted molar refractivity (Wildman–Crippen MR) is 92.2 cm³/mol. The van der Waals surface area contributed by atoms with Gasteiger partial charge < -0.3 is 19.9 Å². The van der Waals surface area contributed by atoms with Crippen molar-refractivity contribution in [3.63, 3.8) is 0 Å². The topological polar surface area (TPSA) is 87.9 Å². The molecule has 1 aromatic carbocycles. The van der Waals surface area contributed by atoms with Gasteiger partial charge in [0, 0.05) is 6.08 Å². The van der Waals surface area contributed by atoms with Crippen LogP contribution in [0.25, 0.3) is 6.08 Å². The minimum absolute atomic E-state index is 0.382. The van der Waals surface area contributed by atoms with Gasteiger partial charge in [-0.2, -0.15) is 0 Å². The first-order chi connectivity index (χ1) is 11.4. The number of carbonyl (C=O) groups is 2. The summed E-state index contributed by atoms with van der Waals surface area (Å²) in [5.41, 5.74) is 5.67. The largest absolute Gasteiger partial charge is 0.490 e. The van der Waals surface area contributed by atoms with E-state index in [1.54, 1.807) is 12.1 Å². The maximum absolute atomic E-state index is 11.6. The van der Waals surface area contributed by atoms with Crippen LogP contribution in [-0.2, 0) is 14.3 Å². The molecule has 0 aromatic heterocycles. The Morgan fingerprint density at radius 3 is 2.58 bits per heavy atom. The van der Waals surface area contributed by atoms with Gasteiger partial charge in [-0.05, 0) is 44.0 Å². The molecule has 1 aromatic rings. The summed E-state index contributed by atoms with van der Waals surface area (Å²) in [7, 11) is 0. The van der Waals surface area contributed by atoms with Crippen molar-refractivity contribution < 1.29 is 23.8 Å². The van der Waals surface area contributed by atoms with Gasteiger partial charge in [0.2, 0.25) is 0 Å². The van der Waals surface area contributed by atoms with Crippen molar-refractivity contribution in [3.8, 4) is 11.5 Å². The molecule has 1 rings (SSSR count). The highest BCUT2D eigenvalue weighted by atomic mass is 35.5. The number of esters is 1.